The lowest BCUT2D eigenvalue weighted by Gasteiger charge is -1.98. The van der Waals surface area contributed by atoms with Crippen LogP contribution in [0.5, 0.6) is 0 Å². The number of terminal acetylenes is 1. The van der Waals surface area contributed by atoms with Gasteiger partial charge < -0.3 is 14.8 Å². The normalized spacial score (nSPS) is 10.3. The third kappa shape index (κ3) is 3.26. The third-order valence-electron chi connectivity index (χ3n) is 2.66. The molecule has 0 unspecified atom stereocenters. The van der Waals surface area contributed by atoms with Crippen LogP contribution in [0.1, 0.15) is 29.6 Å². The SMILES string of the molecule is C#CCCCCNc1nc2ccc(C(=O)O)cc2o1. The van der Waals surface area contributed by atoms with Crippen LogP contribution in [0.4, 0.5) is 6.01 Å². The van der Waals surface area contributed by atoms with Gasteiger partial charge in [-0.3, -0.25) is 0 Å². The summed E-state index contributed by atoms with van der Waals surface area (Å²) in [5.74, 6) is 1.60. The van der Waals surface area contributed by atoms with Crippen LogP contribution in [-0.4, -0.2) is 22.6 Å². The minimum absolute atomic E-state index is 0.184. The monoisotopic (exact) mass is 258 g/mol. The number of nitrogens with one attached hydrogen (secondary N) is 1. The summed E-state index contributed by atoms with van der Waals surface area (Å²) in [5.41, 5.74) is 1.28. The van der Waals surface area contributed by atoms with Gasteiger partial charge in [-0.25, -0.2) is 4.79 Å². The van der Waals surface area contributed by atoms with Crippen LogP contribution in [-0.2, 0) is 0 Å². The third-order valence-corrected chi connectivity index (χ3v) is 2.66. The lowest BCUT2D eigenvalue weighted by atomic mass is 10.2. The maximum atomic E-state index is 10.8. The Balaban J connectivity index is 2.01. The van der Waals surface area contributed by atoms with Crippen molar-refractivity contribution < 1.29 is 14.3 Å². The Kier molecular flexibility index (Phi) is 4.04. The molecule has 0 fully saturated rings. The van der Waals surface area contributed by atoms with Gasteiger partial charge in [0.25, 0.3) is 6.01 Å². The van der Waals surface area contributed by atoms with Gasteiger partial charge in [0.2, 0.25) is 0 Å². The van der Waals surface area contributed by atoms with E-state index in [9.17, 15) is 4.79 Å². The number of unbranched alkanes of at least 4 members (excludes halogenated alkanes) is 2. The van der Waals surface area contributed by atoms with Crippen molar-refractivity contribution in [3.05, 3.63) is 23.8 Å². The highest BCUT2D eigenvalue weighted by atomic mass is 16.4. The molecule has 0 atom stereocenters. The molecule has 0 saturated heterocycles. The number of aromatic carboxylic acids is 1. The predicted octanol–water partition coefficient (Wildman–Crippen LogP) is 2.74. The number of aromatic nitrogens is 1. The van der Waals surface area contributed by atoms with Crippen molar-refractivity contribution >= 4 is 23.1 Å². The smallest absolute Gasteiger partial charge is 0.335 e. The second-order valence-electron chi connectivity index (χ2n) is 4.09. The van der Waals surface area contributed by atoms with E-state index in [4.69, 9.17) is 15.9 Å². The maximum absolute atomic E-state index is 10.8. The lowest BCUT2D eigenvalue weighted by Crippen LogP contribution is -2.00. The molecule has 0 bridgehead atoms. The molecule has 1 aromatic heterocycles. The summed E-state index contributed by atoms with van der Waals surface area (Å²) in [6.45, 7) is 0.723. The second kappa shape index (κ2) is 5.91. The molecule has 0 aliphatic heterocycles. The number of oxazole rings is 1. The number of rotatable bonds is 6. The summed E-state index contributed by atoms with van der Waals surface area (Å²) >= 11 is 0. The van der Waals surface area contributed by atoms with E-state index in [1.165, 1.54) is 12.1 Å². The van der Waals surface area contributed by atoms with Gasteiger partial charge in [-0.05, 0) is 31.0 Å². The molecule has 1 heterocycles. The molecule has 0 radical (unpaired) electrons. The molecule has 0 amide bonds. The van der Waals surface area contributed by atoms with Gasteiger partial charge in [-0.2, -0.15) is 4.98 Å². The largest absolute Gasteiger partial charge is 0.478 e. The van der Waals surface area contributed by atoms with E-state index in [1.807, 2.05) is 0 Å². The average molecular weight is 258 g/mol. The van der Waals surface area contributed by atoms with Crippen LogP contribution in [0.2, 0.25) is 0 Å². The number of benzene rings is 1. The van der Waals surface area contributed by atoms with Crippen LogP contribution >= 0.6 is 0 Å². The maximum Gasteiger partial charge on any atom is 0.335 e. The van der Waals surface area contributed by atoms with Gasteiger partial charge in [0.1, 0.15) is 5.52 Å². The predicted molar refractivity (Wildman–Crippen MR) is 72.1 cm³/mol. The van der Waals surface area contributed by atoms with E-state index in [-0.39, 0.29) is 5.56 Å². The first kappa shape index (κ1) is 13.0. The number of fused-ring (bicyclic) bond motifs is 1. The van der Waals surface area contributed by atoms with Gasteiger partial charge in [0.05, 0.1) is 5.56 Å². The van der Waals surface area contributed by atoms with E-state index < -0.39 is 5.97 Å². The summed E-state index contributed by atoms with van der Waals surface area (Å²) < 4.78 is 5.44. The molecule has 5 heteroatoms. The molecule has 5 nitrogen and oxygen atoms in total. The highest BCUT2D eigenvalue weighted by molar-refractivity contribution is 5.92. The van der Waals surface area contributed by atoms with E-state index in [0.29, 0.717) is 17.1 Å². The number of anilines is 1. The van der Waals surface area contributed by atoms with E-state index >= 15 is 0 Å². The Bertz CT molecular complexity index is 625. The van der Waals surface area contributed by atoms with Gasteiger partial charge in [0.15, 0.2) is 5.58 Å². The Morgan fingerprint density at radius 2 is 2.32 bits per heavy atom. The Hall–Kier alpha value is -2.48. The summed E-state index contributed by atoms with van der Waals surface area (Å²) in [6.07, 6.45) is 7.81. The van der Waals surface area contributed by atoms with Gasteiger partial charge in [-0.1, -0.05) is 0 Å². The first-order valence-corrected chi connectivity index (χ1v) is 6.02. The number of hydrogen-bond acceptors (Lipinski definition) is 4. The van der Waals surface area contributed by atoms with Crippen LogP contribution in [0, 0.1) is 12.3 Å². The van der Waals surface area contributed by atoms with Crippen LogP contribution in [0.25, 0.3) is 11.1 Å². The average Bonchev–Trinajstić information content (AvgIpc) is 2.80. The van der Waals surface area contributed by atoms with Crippen molar-refractivity contribution in [1.29, 1.82) is 0 Å². The highest BCUT2D eigenvalue weighted by Gasteiger charge is 2.09. The van der Waals surface area contributed by atoms with E-state index in [0.717, 1.165) is 25.8 Å². The number of hydrogen-bond donors (Lipinski definition) is 2. The fourth-order valence-corrected chi connectivity index (χ4v) is 1.68. The zero-order valence-corrected chi connectivity index (χ0v) is 10.3. The molecule has 0 spiro atoms. The number of carbonyl (C=O) groups is 1. The summed E-state index contributed by atoms with van der Waals surface area (Å²) in [7, 11) is 0. The van der Waals surface area contributed by atoms with Gasteiger partial charge >= 0.3 is 5.97 Å². The molecule has 2 rings (SSSR count). The van der Waals surface area contributed by atoms with Crippen molar-refractivity contribution in [2.75, 3.05) is 11.9 Å². The standard InChI is InChI=1S/C14H14N2O3/c1-2-3-4-5-8-15-14-16-11-7-6-10(13(17)18)9-12(11)19-14/h1,6-7,9H,3-5,8H2,(H,15,16)(H,17,18). The van der Waals surface area contributed by atoms with E-state index in [2.05, 4.69) is 16.2 Å². The van der Waals surface area contributed by atoms with E-state index in [1.54, 1.807) is 6.07 Å². The van der Waals surface area contributed by atoms with Crippen molar-refractivity contribution in [3.63, 3.8) is 0 Å². The zero-order valence-electron chi connectivity index (χ0n) is 10.3. The Labute approximate surface area is 110 Å². The summed E-state index contributed by atoms with van der Waals surface area (Å²) in [6, 6.07) is 5.00. The zero-order chi connectivity index (χ0) is 13.7. The molecule has 0 aliphatic rings. The first-order chi connectivity index (χ1) is 9.20. The molecule has 19 heavy (non-hydrogen) atoms. The van der Waals surface area contributed by atoms with Crippen molar-refractivity contribution in [3.8, 4) is 12.3 Å². The van der Waals surface area contributed by atoms with Crippen LogP contribution < -0.4 is 5.32 Å². The lowest BCUT2D eigenvalue weighted by molar-refractivity contribution is 0.0697. The molecule has 0 aliphatic carbocycles. The Morgan fingerprint density at radius 3 is 3.05 bits per heavy atom. The van der Waals surface area contributed by atoms with Gasteiger partial charge in [0, 0.05) is 13.0 Å². The number of carboxylic acid groups (broad SMARTS) is 1. The first-order valence-electron chi connectivity index (χ1n) is 6.02. The number of nitrogens with zero attached hydrogens (tertiary/aromatic N) is 1. The van der Waals surface area contributed by atoms with Crippen LogP contribution in [0.3, 0.4) is 0 Å². The van der Waals surface area contributed by atoms with Crippen LogP contribution in [0.15, 0.2) is 22.6 Å². The molecular weight excluding hydrogens is 244 g/mol. The summed E-state index contributed by atoms with van der Waals surface area (Å²) in [4.78, 5) is 15.0. The minimum atomic E-state index is -0.984. The van der Waals surface area contributed by atoms with Crippen molar-refractivity contribution in [1.82, 2.24) is 4.98 Å². The molecule has 2 N–H and O–H groups in total. The van der Waals surface area contributed by atoms with Crippen molar-refractivity contribution in [2.24, 2.45) is 0 Å². The molecule has 0 saturated carbocycles. The quantitative estimate of drug-likeness (QED) is 0.615. The molecular formula is C14H14N2O3. The fraction of sp³-hybridized carbons (Fsp3) is 0.286. The highest BCUT2D eigenvalue weighted by Crippen LogP contribution is 2.20. The van der Waals surface area contributed by atoms with Gasteiger partial charge in [-0.15, -0.1) is 12.3 Å². The summed E-state index contributed by atoms with van der Waals surface area (Å²) in [5, 5.41) is 11.9. The molecule has 1 aromatic carbocycles. The van der Waals surface area contributed by atoms with Crippen molar-refractivity contribution in [2.45, 2.75) is 19.3 Å². The fourth-order valence-electron chi connectivity index (χ4n) is 1.68. The Morgan fingerprint density at radius 1 is 1.47 bits per heavy atom. The molecule has 98 valence electrons. The second-order valence-corrected chi connectivity index (χ2v) is 4.09. The topological polar surface area (TPSA) is 75.4 Å². The molecule has 2 aromatic rings. The minimum Gasteiger partial charge on any atom is -0.478 e. The number of carboxylic acids is 1.